The van der Waals surface area contributed by atoms with Gasteiger partial charge in [-0.05, 0) is 25.1 Å². The second-order valence-electron chi connectivity index (χ2n) is 4.83. The van der Waals surface area contributed by atoms with Crippen LogP contribution in [0.2, 0.25) is 0 Å². The van der Waals surface area contributed by atoms with E-state index >= 15 is 0 Å². The van der Waals surface area contributed by atoms with Crippen LogP contribution in [0, 0.1) is 0 Å². The molecule has 1 aliphatic rings. The molecule has 0 aromatic heterocycles. The van der Waals surface area contributed by atoms with Crippen LogP contribution in [0.4, 0.5) is 0 Å². The molecule has 2 N–H and O–H groups in total. The molecule has 0 saturated carbocycles. The van der Waals surface area contributed by atoms with E-state index in [9.17, 15) is 9.59 Å². The predicted molar refractivity (Wildman–Crippen MR) is 80.5 cm³/mol. The Balaban J connectivity index is 1.88. The average Bonchev–Trinajstić information content (AvgIpc) is 2.45. The summed E-state index contributed by atoms with van der Waals surface area (Å²) in [6.07, 6.45) is 0. The molecule has 2 rings (SSSR count). The van der Waals surface area contributed by atoms with Gasteiger partial charge in [-0.15, -0.1) is 0 Å². The number of halogens is 1. The fourth-order valence-corrected chi connectivity index (χ4v) is 2.60. The Bertz CT molecular complexity index is 507. The second-order valence-corrected chi connectivity index (χ2v) is 5.75. The topological polar surface area (TPSA) is 61.4 Å². The minimum Gasteiger partial charge on any atom is -0.343 e. The lowest BCUT2D eigenvalue weighted by molar-refractivity contribution is -0.132. The first-order valence-electron chi connectivity index (χ1n) is 6.62. The van der Waals surface area contributed by atoms with Crippen LogP contribution in [0.15, 0.2) is 28.7 Å². The molecule has 108 valence electrons. The average molecular weight is 340 g/mol. The molecule has 20 heavy (non-hydrogen) atoms. The molecule has 1 atom stereocenters. The minimum atomic E-state index is -0.234. The summed E-state index contributed by atoms with van der Waals surface area (Å²) in [4.78, 5) is 25.8. The van der Waals surface area contributed by atoms with Gasteiger partial charge in [-0.25, -0.2) is 0 Å². The standard InChI is InChI=1S/C14H18BrN3O2/c1-10-8-16-5-6-18(10)13(19)9-17-14(20)11-3-2-4-12(15)7-11/h2-4,7,10,16H,5-6,8-9H2,1H3,(H,17,20)/t10-/m1/s1. The number of amides is 2. The van der Waals surface area contributed by atoms with Gasteiger partial charge in [-0.2, -0.15) is 0 Å². The van der Waals surface area contributed by atoms with Gasteiger partial charge in [0.1, 0.15) is 0 Å². The highest BCUT2D eigenvalue weighted by molar-refractivity contribution is 9.10. The van der Waals surface area contributed by atoms with E-state index in [0.29, 0.717) is 12.1 Å². The van der Waals surface area contributed by atoms with Gasteiger partial charge in [0.2, 0.25) is 5.91 Å². The summed E-state index contributed by atoms with van der Waals surface area (Å²) in [5.74, 6) is -0.273. The van der Waals surface area contributed by atoms with E-state index in [2.05, 4.69) is 26.6 Å². The lowest BCUT2D eigenvalue weighted by Gasteiger charge is -2.34. The van der Waals surface area contributed by atoms with Crippen molar-refractivity contribution in [1.82, 2.24) is 15.5 Å². The Hall–Kier alpha value is -1.40. The van der Waals surface area contributed by atoms with Gasteiger partial charge in [0.05, 0.1) is 6.54 Å². The largest absolute Gasteiger partial charge is 0.343 e. The molecule has 2 amide bonds. The molecular formula is C14H18BrN3O2. The molecule has 1 aromatic carbocycles. The molecule has 0 unspecified atom stereocenters. The normalized spacial score (nSPS) is 18.7. The van der Waals surface area contributed by atoms with Crippen LogP contribution in [-0.4, -0.2) is 48.9 Å². The van der Waals surface area contributed by atoms with E-state index in [1.807, 2.05) is 13.0 Å². The SMILES string of the molecule is C[C@@H]1CNCCN1C(=O)CNC(=O)c1cccc(Br)c1. The Morgan fingerprint density at radius 2 is 2.30 bits per heavy atom. The molecule has 0 radical (unpaired) electrons. The van der Waals surface area contributed by atoms with Crippen molar-refractivity contribution in [2.24, 2.45) is 0 Å². The number of carbonyl (C=O) groups excluding carboxylic acids is 2. The summed E-state index contributed by atoms with van der Waals surface area (Å²) in [6.45, 7) is 4.32. The molecule has 1 heterocycles. The van der Waals surface area contributed by atoms with Crippen molar-refractivity contribution in [1.29, 1.82) is 0 Å². The molecule has 6 heteroatoms. The number of nitrogens with one attached hydrogen (secondary N) is 2. The van der Waals surface area contributed by atoms with Gasteiger partial charge in [0, 0.05) is 35.7 Å². The van der Waals surface area contributed by atoms with Gasteiger partial charge >= 0.3 is 0 Å². The Morgan fingerprint density at radius 1 is 1.50 bits per heavy atom. The zero-order valence-corrected chi connectivity index (χ0v) is 12.9. The Morgan fingerprint density at radius 3 is 3.00 bits per heavy atom. The molecule has 1 aliphatic heterocycles. The van der Waals surface area contributed by atoms with Crippen molar-refractivity contribution in [3.05, 3.63) is 34.3 Å². The zero-order valence-electron chi connectivity index (χ0n) is 11.4. The van der Waals surface area contributed by atoms with Gasteiger partial charge in [-0.1, -0.05) is 22.0 Å². The summed E-state index contributed by atoms with van der Waals surface area (Å²) in [5.41, 5.74) is 0.542. The van der Waals surface area contributed by atoms with Crippen molar-refractivity contribution in [2.75, 3.05) is 26.2 Å². The number of nitrogens with zero attached hydrogens (tertiary/aromatic N) is 1. The smallest absolute Gasteiger partial charge is 0.251 e. The second kappa shape index (κ2) is 6.85. The third-order valence-corrected chi connectivity index (χ3v) is 3.80. The highest BCUT2D eigenvalue weighted by Gasteiger charge is 2.23. The van der Waals surface area contributed by atoms with Gasteiger partial charge in [0.15, 0.2) is 0 Å². The molecule has 0 spiro atoms. The number of rotatable bonds is 3. The summed E-state index contributed by atoms with van der Waals surface area (Å²) >= 11 is 3.32. The van der Waals surface area contributed by atoms with E-state index < -0.39 is 0 Å². The van der Waals surface area contributed by atoms with E-state index in [1.54, 1.807) is 23.1 Å². The summed E-state index contributed by atoms with van der Waals surface area (Å²) in [7, 11) is 0. The Labute approximate surface area is 126 Å². The lowest BCUT2D eigenvalue weighted by atomic mass is 10.2. The number of hydrogen-bond donors (Lipinski definition) is 2. The number of hydrogen-bond acceptors (Lipinski definition) is 3. The maximum atomic E-state index is 12.1. The van der Waals surface area contributed by atoms with Crippen LogP contribution in [0.25, 0.3) is 0 Å². The molecular weight excluding hydrogens is 322 g/mol. The summed E-state index contributed by atoms with van der Waals surface area (Å²) in [6, 6.07) is 7.26. The first-order chi connectivity index (χ1) is 9.58. The third kappa shape index (κ3) is 3.80. The van der Waals surface area contributed by atoms with Crippen molar-refractivity contribution in [2.45, 2.75) is 13.0 Å². The zero-order chi connectivity index (χ0) is 14.5. The highest BCUT2D eigenvalue weighted by Crippen LogP contribution is 2.11. The van der Waals surface area contributed by atoms with Gasteiger partial charge in [-0.3, -0.25) is 9.59 Å². The quantitative estimate of drug-likeness (QED) is 0.863. The molecule has 1 saturated heterocycles. The van der Waals surface area contributed by atoms with Crippen molar-refractivity contribution in [3.8, 4) is 0 Å². The maximum absolute atomic E-state index is 12.1. The van der Waals surface area contributed by atoms with E-state index in [1.165, 1.54) is 0 Å². The molecule has 5 nitrogen and oxygen atoms in total. The highest BCUT2D eigenvalue weighted by atomic mass is 79.9. The first-order valence-corrected chi connectivity index (χ1v) is 7.41. The van der Waals surface area contributed by atoms with Gasteiger partial charge < -0.3 is 15.5 Å². The molecule has 0 bridgehead atoms. The van der Waals surface area contributed by atoms with Crippen molar-refractivity contribution < 1.29 is 9.59 Å². The predicted octanol–water partition coefficient (Wildman–Crippen LogP) is 0.999. The first kappa shape index (κ1) is 15.0. The van der Waals surface area contributed by atoms with Crippen molar-refractivity contribution in [3.63, 3.8) is 0 Å². The monoisotopic (exact) mass is 339 g/mol. The molecule has 0 aliphatic carbocycles. The molecule has 1 aromatic rings. The van der Waals surface area contributed by atoms with E-state index in [-0.39, 0.29) is 24.4 Å². The van der Waals surface area contributed by atoms with Crippen molar-refractivity contribution >= 4 is 27.7 Å². The maximum Gasteiger partial charge on any atom is 0.251 e. The summed E-state index contributed by atoms with van der Waals surface area (Å²) in [5, 5.41) is 5.90. The minimum absolute atomic E-state index is 0.0374. The van der Waals surface area contributed by atoms with Crippen LogP contribution in [0.5, 0.6) is 0 Å². The van der Waals surface area contributed by atoms with Crippen LogP contribution in [0.3, 0.4) is 0 Å². The van der Waals surface area contributed by atoms with Crippen LogP contribution >= 0.6 is 15.9 Å². The van der Waals surface area contributed by atoms with Crippen LogP contribution < -0.4 is 10.6 Å². The molecule has 1 fully saturated rings. The number of piperazine rings is 1. The fraction of sp³-hybridized carbons (Fsp3) is 0.429. The van der Waals surface area contributed by atoms with E-state index in [0.717, 1.165) is 17.6 Å². The summed E-state index contributed by atoms with van der Waals surface area (Å²) < 4.78 is 0.840. The Kier molecular flexibility index (Phi) is 5.14. The van der Waals surface area contributed by atoms with E-state index in [4.69, 9.17) is 0 Å². The number of benzene rings is 1. The number of carbonyl (C=O) groups is 2. The third-order valence-electron chi connectivity index (χ3n) is 3.31. The lowest BCUT2D eigenvalue weighted by Crippen LogP contribution is -2.54. The van der Waals surface area contributed by atoms with Gasteiger partial charge in [0.25, 0.3) is 5.91 Å². The van der Waals surface area contributed by atoms with Crippen LogP contribution in [0.1, 0.15) is 17.3 Å². The fourth-order valence-electron chi connectivity index (χ4n) is 2.20. The van der Waals surface area contributed by atoms with Crippen LogP contribution in [-0.2, 0) is 4.79 Å².